The third-order valence-electron chi connectivity index (χ3n) is 4.05. The van der Waals surface area contributed by atoms with Gasteiger partial charge in [0.2, 0.25) is 15.9 Å². The summed E-state index contributed by atoms with van der Waals surface area (Å²) in [5.41, 5.74) is 0.535. The molecule has 0 saturated carbocycles. The Labute approximate surface area is 188 Å². The molecule has 0 fully saturated rings. The lowest BCUT2D eigenvalue weighted by Gasteiger charge is -2.22. The first kappa shape index (κ1) is 22.6. The number of nitrogens with zero attached hydrogens (tertiary/aromatic N) is 2. The van der Waals surface area contributed by atoms with Crippen LogP contribution in [0, 0.1) is 6.92 Å². The van der Waals surface area contributed by atoms with E-state index in [9.17, 15) is 13.2 Å². The number of amides is 1. The predicted molar refractivity (Wildman–Crippen MR) is 115 cm³/mol. The fourth-order valence-corrected chi connectivity index (χ4v) is 4.56. The SMILES string of the molecule is Cc1cc(NC(=O)CN(Cc2ccccc2Cl)S(=O)(=O)c2ccc(Cl)c(Cl)c2)no1. The van der Waals surface area contributed by atoms with Crippen molar-refractivity contribution in [3.8, 4) is 0 Å². The lowest BCUT2D eigenvalue weighted by Crippen LogP contribution is -2.37. The van der Waals surface area contributed by atoms with Gasteiger partial charge in [0, 0.05) is 17.6 Å². The molecule has 0 unspecified atom stereocenters. The Hall–Kier alpha value is -2.10. The second-order valence-electron chi connectivity index (χ2n) is 6.31. The van der Waals surface area contributed by atoms with Gasteiger partial charge in [-0.1, -0.05) is 58.2 Å². The van der Waals surface area contributed by atoms with E-state index in [0.29, 0.717) is 16.3 Å². The normalized spacial score (nSPS) is 11.6. The molecule has 3 aromatic rings. The van der Waals surface area contributed by atoms with Crippen LogP contribution >= 0.6 is 34.8 Å². The third-order valence-corrected chi connectivity index (χ3v) is 6.94. The molecular weight excluding hydrogens is 473 g/mol. The molecule has 1 N–H and O–H groups in total. The minimum Gasteiger partial charge on any atom is -0.360 e. The van der Waals surface area contributed by atoms with Gasteiger partial charge < -0.3 is 9.84 Å². The van der Waals surface area contributed by atoms with E-state index in [4.69, 9.17) is 39.3 Å². The molecule has 0 aliphatic rings. The van der Waals surface area contributed by atoms with E-state index >= 15 is 0 Å². The van der Waals surface area contributed by atoms with Crippen LogP contribution in [0.1, 0.15) is 11.3 Å². The van der Waals surface area contributed by atoms with E-state index in [1.165, 1.54) is 24.3 Å². The summed E-state index contributed by atoms with van der Waals surface area (Å²) < 4.78 is 32.4. The number of hydrogen-bond acceptors (Lipinski definition) is 5. The Balaban J connectivity index is 1.92. The molecule has 0 aliphatic carbocycles. The monoisotopic (exact) mass is 487 g/mol. The van der Waals surface area contributed by atoms with Gasteiger partial charge in [0.1, 0.15) is 5.76 Å². The first-order valence-corrected chi connectivity index (χ1v) is 11.2. The van der Waals surface area contributed by atoms with Gasteiger partial charge in [-0.25, -0.2) is 8.42 Å². The fraction of sp³-hybridized carbons (Fsp3) is 0.158. The van der Waals surface area contributed by atoms with E-state index in [2.05, 4.69) is 10.5 Å². The van der Waals surface area contributed by atoms with Gasteiger partial charge >= 0.3 is 0 Å². The number of sulfonamides is 1. The highest BCUT2D eigenvalue weighted by Gasteiger charge is 2.28. The molecule has 30 heavy (non-hydrogen) atoms. The molecule has 0 bridgehead atoms. The molecule has 3 rings (SSSR count). The lowest BCUT2D eigenvalue weighted by atomic mass is 10.2. The molecule has 7 nitrogen and oxygen atoms in total. The highest BCUT2D eigenvalue weighted by atomic mass is 35.5. The Morgan fingerprint density at radius 1 is 1.07 bits per heavy atom. The summed E-state index contributed by atoms with van der Waals surface area (Å²) in [7, 11) is -4.11. The number of carbonyl (C=O) groups is 1. The van der Waals surface area contributed by atoms with Crippen LogP contribution in [-0.2, 0) is 21.4 Å². The summed E-state index contributed by atoms with van der Waals surface area (Å²) in [5, 5.41) is 6.85. The second kappa shape index (κ2) is 9.36. The van der Waals surface area contributed by atoms with Gasteiger partial charge in [-0.05, 0) is 36.8 Å². The molecule has 1 amide bonds. The standard InChI is InChI=1S/C19H16Cl3N3O4S/c1-12-8-18(24-29-12)23-19(26)11-25(10-13-4-2-3-5-15(13)20)30(27,28)14-6-7-16(21)17(22)9-14/h2-9H,10-11H2,1H3,(H,23,24,26). The molecule has 0 aliphatic heterocycles. The van der Waals surface area contributed by atoms with Crippen molar-refractivity contribution in [3.05, 3.63) is 74.9 Å². The fourth-order valence-electron chi connectivity index (χ4n) is 2.60. The van der Waals surface area contributed by atoms with Crippen LogP contribution in [0.3, 0.4) is 0 Å². The Morgan fingerprint density at radius 2 is 1.80 bits per heavy atom. The number of carbonyl (C=O) groups excluding carboxylic acids is 1. The second-order valence-corrected chi connectivity index (χ2v) is 9.47. The van der Waals surface area contributed by atoms with E-state index in [1.54, 1.807) is 31.2 Å². The number of aryl methyl sites for hydroxylation is 1. The lowest BCUT2D eigenvalue weighted by molar-refractivity contribution is -0.116. The maximum absolute atomic E-state index is 13.3. The molecule has 158 valence electrons. The summed E-state index contributed by atoms with van der Waals surface area (Å²) in [6.07, 6.45) is 0. The predicted octanol–water partition coefficient (Wildman–Crippen LogP) is 4.77. The van der Waals surface area contributed by atoms with Crippen LogP contribution in [-0.4, -0.2) is 30.3 Å². The van der Waals surface area contributed by atoms with Gasteiger partial charge in [-0.2, -0.15) is 4.31 Å². The van der Waals surface area contributed by atoms with Gasteiger partial charge in [0.25, 0.3) is 0 Å². The van der Waals surface area contributed by atoms with Crippen molar-refractivity contribution in [1.82, 2.24) is 9.46 Å². The van der Waals surface area contributed by atoms with Crippen molar-refractivity contribution in [2.24, 2.45) is 0 Å². The van der Waals surface area contributed by atoms with Crippen LogP contribution in [0.25, 0.3) is 0 Å². The van der Waals surface area contributed by atoms with E-state index < -0.39 is 22.5 Å². The minimum absolute atomic E-state index is 0.0814. The van der Waals surface area contributed by atoms with Gasteiger partial charge in [0.05, 0.1) is 21.5 Å². The highest BCUT2D eigenvalue weighted by Crippen LogP contribution is 2.28. The highest BCUT2D eigenvalue weighted by molar-refractivity contribution is 7.89. The number of anilines is 1. The molecule has 0 saturated heterocycles. The zero-order valence-electron chi connectivity index (χ0n) is 15.6. The molecule has 0 radical (unpaired) electrons. The summed E-state index contributed by atoms with van der Waals surface area (Å²) >= 11 is 18.1. The number of halogens is 3. The van der Waals surface area contributed by atoms with Crippen LogP contribution in [0.15, 0.2) is 57.9 Å². The summed E-state index contributed by atoms with van der Waals surface area (Å²) in [5.74, 6) is 0.0859. The molecule has 1 heterocycles. The summed E-state index contributed by atoms with van der Waals surface area (Å²) in [4.78, 5) is 12.4. The Morgan fingerprint density at radius 3 is 2.43 bits per heavy atom. The molecule has 0 spiro atoms. The molecule has 0 atom stereocenters. The summed E-state index contributed by atoms with van der Waals surface area (Å²) in [6.45, 7) is 1.05. The first-order valence-electron chi connectivity index (χ1n) is 8.58. The maximum atomic E-state index is 13.3. The minimum atomic E-state index is -4.11. The topological polar surface area (TPSA) is 92.5 Å². The number of rotatable bonds is 7. The van der Waals surface area contributed by atoms with Crippen LogP contribution < -0.4 is 5.32 Å². The van der Waals surface area contributed by atoms with E-state index in [0.717, 1.165) is 4.31 Å². The maximum Gasteiger partial charge on any atom is 0.243 e. The molecule has 2 aromatic carbocycles. The van der Waals surface area contributed by atoms with Gasteiger partial charge in [-0.15, -0.1) is 0 Å². The third kappa shape index (κ3) is 5.33. The van der Waals surface area contributed by atoms with Crippen LogP contribution in [0.2, 0.25) is 15.1 Å². The zero-order chi connectivity index (χ0) is 21.9. The van der Waals surface area contributed by atoms with Crippen molar-refractivity contribution in [1.29, 1.82) is 0 Å². The van der Waals surface area contributed by atoms with Crippen LogP contribution in [0.5, 0.6) is 0 Å². The van der Waals surface area contributed by atoms with Crippen LogP contribution in [0.4, 0.5) is 5.82 Å². The van der Waals surface area contributed by atoms with Gasteiger partial charge in [-0.3, -0.25) is 4.79 Å². The number of hydrogen-bond donors (Lipinski definition) is 1. The van der Waals surface area contributed by atoms with Crippen molar-refractivity contribution in [2.45, 2.75) is 18.4 Å². The quantitative estimate of drug-likeness (QED) is 0.517. The van der Waals surface area contributed by atoms with Crippen molar-refractivity contribution < 1.29 is 17.7 Å². The smallest absolute Gasteiger partial charge is 0.243 e. The Bertz CT molecular complexity index is 1180. The number of nitrogens with one attached hydrogen (secondary N) is 1. The van der Waals surface area contributed by atoms with E-state index in [1.807, 2.05) is 0 Å². The van der Waals surface area contributed by atoms with Gasteiger partial charge in [0.15, 0.2) is 5.82 Å². The summed E-state index contributed by atoms with van der Waals surface area (Å²) in [6, 6.07) is 12.2. The average molecular weight is 489 g/mol. The largest absolute Gasteiger partial charge is 0.360 e. The first-order chi connectivity index (χ1) is 14.2. The van der Waals surface area contributed by atoms with Crippen molar-refractivity contribution in [3.63, 3.8) is 0 Å². The zero-order valence-corrected chi connectivity index (χ0v) is 18.7. The van der Waals surface area contributed by atoms with Crippen molar-refractivity contribution in [2.75, 3.05) is 11.9 Å². The average Bonchev–Trinajstić information content (AvgIpc) is 3.09. The molecule has 1 aromatic heterocycles. The Kier molecular flexibility index (Phi) is 7.05. The van der Waals surface area contributed by atoms with E-state index in [-0.39, 0.29) is 27.3 Å². The number of benzene rings is 2. The molecular formula is C19H16Cl3N3O4S. The van der Waals surface area contributed by atoms with Crippen molar-refractivity contribution >= 4 is 56.6 Å². The molecule has 11 heteroatoms. The number of aromatic nitrogens is 1.